The minimum Gasteiger partial charge on any atom is -0.381 e. The fourth-order valence-corrected chi connectivity index (χ4v) is 3.25. The molecular weight excluding hydrogens is 325 g/mol. The van der Waals surface area contributed by atoms with Gasteiger partial charge in [0.25, 0.3) is 0 Å². The van der Waals surface area contributed by atoms with Crippen molar-refractivity contribution in [2.75, 3.05) is 31.6 Å². The summed E-state index contributed by atoms with van der Waals surface area (Å²) in [5.41, 5.74) is 0.963. The molecule has 0 spiro atoms. The van der Waals surface area contributed by atoms with Gasteiger partial charge in [0.15, 0.2) is 0 Å². The van der Waals surface area contributed by atoms with E-state index < -0.39 is 0 Å². The Hall–Kier alpha value is -2.15. The standard InChI is InChI=1S/C18H24FN3O3/c1-12-2-3-15(10-16(12)19)21-18(24)20-14-4-7-22(8-5-14)17(23)13-6-9-25-11-13/h2-3,10,13-14H,4-9,11H2,1H3,(H2,20,21,24). The molecule has 1 aromatic rings. The van der Waals surface area contributed by atoms with Gasteiger partial charge in [-0.1, -0.05) is 6.07 Å². The number of urea groups is 1. The van der Waals surface area contributed by atoms with Crippen molar-refractivity contribution in [1.82, 2.24) is 10.2 Å². The van der Waals surface area contributed by atoms with Gasteiger partial charge in [0, 0.05) is 31.4 Å². The second-order valence-corrected chi connectivity index (χ2v) is 6.72. The zero-order valence-electron chi connectivity index (χ0n) is 14.4. The maximum atomic E-state index is 13.5. The first kappa shape index (κ1) is 17.7. The smallest absolute Gasteiger partial charge is 0.319 e. The van der Waals surface area contributed by atoms with Gasteiger partial charge in [-0.05, 0) is 43.9 Å². The summed E-state index contributed by atoms with van der Waals surface area (Å²) in [6, 6.07) is 4.27. The number of nitrogens with zero attached hydrogens (tertiary/aromatic N) is 1. The van der Waals surface area contributed by atoms with Crippen molar-refractivity contribution in [1.29, 1.82) is 0 Å². The zero-order valence-corrected chi connectivity index (χ0v) is 14.4. The van der Waals surface area contributed by atoms with Crippen LogP contribution in [-0.4, -0.2) is 49.2 Å². The van der Waals surface area contributed by atoms with Crippen LogP contribution in [0.25, 0.3) is 0 Å². The Morgan fingerprint density at radius 3 is 2.64 bits per heavy atom. The predicted molar refractivity (Wildman–Crippen MR) is 91.8 cm³/mol. The molecule has 2 heterocycles. The monoisotopic (exact) mass is 349 g/mol. The molecule has 0 radical (unpaired) electrons. The molecule has 1 atom stereocenters. The largest absolute Gasteiger partial charge is 0.381 e. The van der Waals surface area contributed by atoms with Gasteiger partial charge in [0.05, 0.1) is 12.5 Å². The van der Waals surface area contributed by atoms with Crippen molar-refractivity contribution in [3.8, 4) is 0 Å². The number of carbonyl (C=O) groups is 2. The minimum absolute atomic E-state index is 0.00996. The predicted octanol–water partition coefficient (Wildman–Crippen LogP) is 2.28. The van der Waals surface area contributed by atoms with Gasteiger partial charge in [-0.2, -0.15) is 0 Å². The second kappa shape index (κ2) is 7.82. The summed E-state index contributed by atoms with van der Waals surface area (Å²) < 4.78 is 18.8. The minimum atomic E-state index is -0.350. The van der Waals surface area contributed by atoms with Crippen molar-refractivity contribution in [2.24, 2.45) is 5.92 Å². The number of benzene rings is 1. The van der Waals surface area contributed by atoms with E-state index in [1.54, 1.807) is 19.1 Å². The van der Waals surface area contributed by atoms with Gasteiger partial charge in [-0.25, -0.2) is 9.18 Å². The van der Waals surface area contributed by atoms with Crippen LogP contribution >= 0.6 is 0 Å². The molecule has 7 heteroatoms. The quantitative estimate of drug-likeness (QED) is 0.879. The first-order chi connectivity index (χ1) is 12.0. The molecule has 3 amide bonds. The molecule has 2 saturated heterocycles. The van der Waals surface area contributed by atoms with Crippen LogP contribution in [0, 0.1) is 18.7 Å². The molecule has 0 bridgehead atoms. The molecule has 2 aliphatic heterocycles. The first-order valence-corrected chi connectivity index (χ1v) is 8.73. The zero-order chi connectivity index (χ0) is 17.8. The molecule has 6 nitrogen and oxygen atoms in total. The summed E-state index contributed by atoms with van der Waals surface area (Å²) in [7, 11) is 0. The normalized spacial score (nSPS) is 21.2. The fourth-order valence-electron chi connectivity index (χ4n) is 3.25. The number of nitrogens with one attached hydrogen (secondary N) is 2. The molecule has 1 unspecified atom stereocenters. The highest BCUT2D eigenvalue weighted by molar-refractivity contribution is 5.89. The number of hydrogen-bond acceptors (Lipinski definition) is 3. The van der Waals surface area contributed by atoms with Crippen LogP contribution in [-0.2, 0) is 9.53 Å². The topological polar surface area (TPSA) is 70.7 Å². The Labute approximate surface area is 146 Å². The van der Waals surface area contributed by atoms with Gasteiger partial charge in [0.1, 0.15) is 5.82 Å². The third kappa shape index (κ3) is 4.48. The van der Waals surface area contributed by atoms with Crippen LogP contribution in [0.5, 0.6) is 0 Å². The third-order valence-electron chi connectivity index (χ3n) is 4.85. The molecule has 136 valence electrons. The van der Waals surface area contributed by atoms with Crippen molar-refractivity contribution in [2.45, 2.75) is 32.2 Å². The molecule has 0 saturated carbocycles. The van der Waals surface area contributed by atoms with Crippen LogP contribution in [0.15, 0.2) is 18.2 Å². The molecular formula is C18H24FN3O3. The number of piperidine rings is 1. The van der Waals surface area contributed by atoms with Crippen molar-refractivity contribution < 1.29 is 18.7 Å². The lowest BCUT2D eigenvalue weighted by atomic mass is 10.0. The van der Waals surface area contributed by atoms with Crippen LogP contribution in [0.4, 0.5) is 14.9 Å². The summed E-state index contributed by atoms with van der Waals surface area (Å²) in [5.74, 6) is -0.194. The molecule has 0 aliphatic carbocycles. The van der Waals surface area contributed by atoms with E-state index in [1.165, 1.54) is 6.07 Å². The summed E-state index contributed by atoms with van der Waals surface area (Å²) in [6.07, 6.45) is 2.23. The number of anilines is 1. The van der Waals surface area contributed by atoms with E-state index in [0.29, 0.717) is 37.6 Å². The van der Waals surface area contributed by atoms with E-state index in [4.69, 9.17) is 4.74 Å². The van der Waals surface area contributed by atoms with Gasteiger partial charge in [-0.3, -0.25) is 4.79 Å². The fraction of sp³-hybridized carbons (Fsp3) is 0.556. The molecule has 2 fully saturated rings. The number of likely N-dealkylation sites (tertiary alicyclic amines) is 1. The summed E-state index contributed by atoms with van der Waals surface area (Å²) in [4.78, 5) is 26.3. The SMILES string of the molecule is Cc1ccc(NC(=O)NC2CCN(C(=O)C3CCOC3)CC2)cc1F. The Bertz CT molecular complexity index is 638. The van der Waals surface area contributed by atoms with Gasteiger partial charge in [0.2, 0.25) is 5.91 Å². The Balaban J connectivity index is 1.44. The first-order valence-electron chi connectivity index (χ1n) is 8.73. The number of ether oxygens (including phenoxy) is 1. The highest BCUT2D eigenvalue weighted by atomic mass is 19.1. The highest BCUT2D eigenvalue weighted by Crippen LogP contribution is 2.19. The number of carbonyl (C=O) groups excluding carboxylic acids is 2. The summed E-state index contributed by atoms with van der Waals surface area (Å²) in [5, 5.41) is 5.54. The maximum Gasteiger partial charge on any atom is 0.319 e. The number of hydrogen-bond donors (Lipinski definition) is 2. The second-order valence-electron chi connectivity index (χ2n) is 6.72. The lowest BCUT2D eigenvalue weighted by molar-refractivity contribution is -0.136. The van der Waals surface area contributed by atoms with Crippen molar-refractivity contribution in [3.63, 3.8) is 0 Å². The number of halogens is 1. The molecule has 2 aliphatic rings. The van der Waals surface area contributed by atoms with E-state index in [0.717, 1.165) is 19.3 Å². The third-order valence-corrected chi connectivity index (χ3v) is 4.85. The molecule has 2 N–H and O–H groups in total. The van der Waals surface area contributed by atoms with E-state index in [9.17, 15) is 14.0 Å². The molecule has 3 rings (SSSR count). The summed E-state index contributed by atoms with van der Waals surface area (Å²) in [6.45, 7) is 4.13. The van der Waals surface area contributed by atoms with Crippen LogP contribution in [0.2, 0.25) is 0 Å². The van der Waals surface area contributed by atoms with E-state index in [2.05, 4.69) is 10.6 Å². The molecule has 1 aromatic carbocycles. The molecule has 0 aromatic heterocycles. The van der Waals surface area contributed by atoms with E-state index in [1.807, 2.05) is 4.90 Å². The number of amides is 3. The highest BCUT2D eigenvalue weighted by Gasteiger charge is 2.30. The van der Waals surface area contributed by atoms with Gasteiger partial charge < -0.3 is 20.3 Å². The lowest BCUT2D eigenvalue weighted by Gasteiger charge is -2.33. The van der Waals surface area contributed by atoms with Crippen LogP contribution in [0.3, 0.4) is 0 Å². The lowest BCUT2D eigenvalue weighted by Crippen LogP contribution is -2.49. The number of aryl methyl sites for hydroxylation is 1. The van der Waals surface area contributed by atoms with E-state index >= 15 is 0 Å². The van der Waals surface area contributed by atoms with Gasteiger partial charge >= 0.3 is 6.03 Å². The average Bonchev–Trinajstić information content (AvgIpc) is 3.13. The Kier molecular flexibility index (Phi) is 5.53. The van der Waals surface area contributed by atoms with Gasteiger partial charge in [-0.15, -0.1) is 0 Å². The van der Waals surface area contributed by atoms with Crippen LogP contribution < -0.4 is 10.6 Å². The average molecular weight is 349 g/mol. The summed E-state index contributed by atoms with van der Waals surface area (Å²) >= 11 is 0. The van der Waals surface area contributed by atoms with Crippen molar-refractivity contribution in [3.05, 3.63) is 29.6 Å². The Morgan fingerprint density at radius 2 is 2.00 bits per heavy atom. The van der Waals surface area contributed by atoms with Crippen LogP contribution in [0.1, 0.15) is 24.8 Å². The number of rotatable bonds is 3. The molecule has 25 heavy (non-hydrogen) atoms. The Morgan fingerprint density at radius 1 is 1.24 bits per heavy atom. The van der Waals surface area contributed by atoms with E-state index in [-0.39, 0.29) is 29.7 Å². The maximum absolute atomic E-state index is 13.5. The van der Waals surface area contributed by atoms with Crippen molar-refractivity contribution >= 4 is 17.6 Å².